The predicted molar refractivity (Wildman–Crippen MR) is 64.4 cm³/mol. The Morgan fingerprint density at radius 3 is 2.33 bits per heavy atom. The van der Waals surface area contributed by atoms with Crippen LogP contribution in [0.2, 0.25) is 5.02 Å². The molecule has 1 rings (SSSR count). The highest BCUT2D eigenvalue weighted by molar-refractivity contribution is 6.30. The highest BCUT2D eigenvalue weighted by Crippen LogP contribution is 2.23. The van der Waals surface area contributed by atoms with Gasteiger partial charge >= 0.3 is 0 Å². The van der Waals surface area contributed by atoms with E-state index in [2.05, 4.69) is 0 Å². The minimum atomic E-state index is -0.248. The number of hydrogen-bond acceptors (Lipinski definition) is 2. The molecule has 0 saturated carbocycles. The summed E-state index contributed by atoms with van der Waals surface area (Å²) < 4.78 is 5.83. The van der Waals surface area contributed by atoms with Crippen molar-refractivity contribution in [3.63, 3.8) is 0 Å². The fraction of sp³-hybridized carbons (Fsp3) is 0.500. The van der Waals surface area contributed by atoms with Crippen molar-refractivity contribution >= 4 is 11.6 Å². The van der Waals surface area contributed by atoms with E-state index in [-0.39, 0.29) is 11.6 Å². The van der Waals surface area contributed by atoms with E-state index in [1.54, 1.807) is 0 Å². The summed E-state index contributed by atoms with van der Waals surface area (Å²) in [6.07, 6.45) is 0.815. The molecule has 0 aliphatic rings. The minimum absolute atomic E-state index is 0.132. The standard InChI is InChI=1S/C12H18ClNO/c1-9(14)8-12(2,3)15-11-6-4-10(13)5-7-11/h4-7,9H,8,14H2,1-3H3. The molecule has 84 valence electrons. The van der Waals surface area contributed by atoms with Gasteiger partial charge in [-0.15, -0.1) is 0 Å². The van der Waals surface area contributed by atoms with Gasteiger partial charge < -0.3 is 10.5 Å². The smallest absolute Gasteiger partial charge is 0.120 e. The summed E-state index contributed by atoms with van der Waals surface area (Å²) in [6.45, 7) is 6.04. The maximum Gasteiger partial charge on any atom is 0.120 e. The first kappa shape index (κ1) is 12.3. The number of hydrogen-bond donors (Lipinski definition) is 1. The van der Waals surface area contributed by atoms with Gasteiger partial charge in [0.15, 0.2) is 0 Å². The molecule has 0 saturated heterocycles. The van der Waals surface area contributed by atoms with Crippen LogP contribution in [-0.4, -0.2) is 11.6 Å². The van der Waals surface area contributed by atoms with Gasteiger partial charge in [0.05, 0.1) is 0 Å². The molecule has 1 aromatic carbocycles. The number of halogens is 1. The number of ether oxygens (including phenoxy) is 1. The van der Waals surface area contributed by atoms with Crippen LogP contribution in [0, 0.1) is 0 Å². The van der Waals surface area contributed by atoms with Gasteiger partial charge in [0.25, 0.3) is 0 Å². The van der Waals surface area contributed by atoms with Gasteiger partial charge in [-0.3, -0.25) is 0 Å². The zero-order valence-corrected chi connectivity index (χ0v) is 10.2. The lowest BCUT2D eigenvalue weighted by Crippen LogP contribution is -2.35. The Balaban J connectivity index is 2.64. The first-order chi connectivity index (χ1) is 6.89. The predicted octanol–water partition coefficient (Wildman–Crippen LogP) is 3.23. The molecule has 1 unspecified atom stereocenters. The molecule has 0 aliphatic heterocycles. The Morgan fingerprint density at radius 2 is 1.87 bits per heavy atom. The third-order valence-electron chi connectivity index (χ3n) is 2.02. The molecule has 1 aromatic rings. The maximum atomic E-state index is 5.83. The number of benzene rings is 1. The zero-order valence-electron chi connectivity index (χ0n) is 9.46. The Kier molecular flexibility index (Phi) is 4.00. The van der Waals surface area contributed by atoms with Crippen molar-refractivity contribution in [1.29, 1.82) is 0 Å². The fourth-order valence-corrected chi connectivity index (χ4v) is 1.76. The summed E-state index contributed by atoms with van der Waals surface area (Å²) in [5.74, 6) is 0.824. The van der Waals surface area contributed by atoms with Crippen LogP contribution in [0.1, 0.15) is 27.2 Å². The molecule has 0 bridgehead atoms. The van der Waals surface area contributed by atoms with E-state index in [9.17, 15) is 0 Å². The molecule has 0 radical (unpaired) electrons. The Morgan fingerprint density at radius 1 is 1.33 bits per heavy atom. The van der Waals surface area contributed by atoms with E-state index in [1.165, 1.54) is 0 Å². The molecule has 0 spiro atoms. The van der Waals surface area contributed by atoms with Crippen molar-refractivity contribution < 1.29 is 4.74 Å². The SMILES string of the molecule is CC(N)CC(C)(C)Oc1ccc(Cl)cc1. The van der Waals surface area contributed by atoms with Crippen LogP contribution in [-0.2, 0) is 0 Å². The third kappa shape index (κ3) is 4.54. The zero-order chi connectivity index (χ0) is 11.5. The summed E-state index contributed by atoms with van der Waals surface area (Å²) in [4.78, 5) is 0. The second-order valence-corrected chi connectivity index (χ2v) is 4.93. The Bertz CT molecular complexity index is 306. The van der Waals surface area contributed by atoms with E-state index in [1.807, 2.05) is 45.0 Å². The van der Waals surface area contributed by atoms with Gasteiger partial charge in [-0.1, -0.05) is 11.6 Å². The average molecular weight is 228 g/mol. The molecule has 15 heavy (non-hydrogen) atoms. The second-order valence-electron chi connectivity index (χ2n) is 4.50. The second kappa shape index (κ2) is 4.86. The largest absolute Gasteiger partial charge is 0.488 e. The van der Waals surface area contributed by atoms with Crippen LogP contribution in [0.25, 0.3) is 0 Å². The normalized spacial score (nSPS) is 13.7. The molecule has 0 heterocycles. The van der Waals surface area contributed by atoms with E-state index in [0.29, 0.717) is 5.02 Å². The van der Waals surface area contributed by atoms with Gasteiger partial charge in [0, 0.05) is 17.5 Å². The van der Waals surface area contributed by atoms with E-state index >= 15 is 0 Å². The maximum absolute atomic E-state index is 5.83. The summed E-state index contributed by atoms with van der Waals surface area (Å²) in [7, 11) is 0. The molecule has 0 fully saturated rings. The van der Waals surface area contributed by atoms with Gasteiger partial charge in [-0.2, -0.15) is 0 Å². The topological polar surface area (TPSA) is 35.2 Å². The first-order valence-electron chi connectivity index (χ1n) is 5.09. The van der Waals surface area contributed by atoms with Crippen LogP contribution < -0.4 is 10.5 Å². The van der Waals surface area contributed by atoms with E-state index < -0.39 is 0 Å². The minimum Gasteiger partial charge on any atom is -0.488 e. The van der Waals surface area contributed by atoms with Crippen LogP contribution in [0.3, 0.4) is 0 Å². The molecule has 3 heteroatoms. The van der Waals surface area contributed by atoms with E-state index in [4.69, 9.17) is 22.1 Å². The quantitative estimate of drug-likeness (QED) is 0.857. The van der Waals surface area contributed by atoms with Crippen molar-refractivity contribution in [2.75, 3.05) is 0 Å². The van der Waals surface area contributed by atoms with Crippen LogP contribution in [0.4, 0.5) is 0 Å². The molecule has 0 amide bonds. The van der Waals surface area contributed by atoms with Crippen molar-refractivity contribution in [2.45, 2.75) is 38.8 Å². The molecule has 2 N–H and O–H groups in total. The molecular formula is C12H18ClNO. The van der Waals surface area contributed by atoms with Gasteiger partial charge in [0.2, 0.25) is 0 Å². The van der Waals surface area contributed by atoms with Gasteiger partial charge in [0.1, 0.15) is 11.4 Å². The van der Waals surface area contributed by atoms with Crippen LogP contribution >= 0.6 is 11.6 Å². The number of nitrogens with two attached hydrogens (primary N) is 1. The fourth-order valence-electron chi connectivity index (χ4n) is 1.64. The lowest BCUT2D eigenvalue weighted by molar-refractivity contribution is 0.0933. The highest BCUT2D eigenvalue weighted by Gasteiger charge is 2.21. The number of rotatable bonds is 4. The Labute approximate surface area is 96.4 Å². The molecular weight excluding hydrogens is 210 g/mol. The van der Waals surface area contributed by atoms with Crippen LogP contribution in [0.5, 0.6) is 5.75 Å². The van der Waals surface area contributed by atoms with Crippen LogP contribution in [0.15, 0.2) is 24.3 Å². The molecule has 0 aromatic heterocycles. The summed E-state index contributed by atoms with van der Waals surface area (Å²) in [6, 6.07) is 7.50. The van der Waals surface area contributed by atoms with Gasteiger partial charge in [-0.05, 0) is 45.0 Å². The van der Waals surface area contributed by atoms with Crippen molar-refractivity contribution in [1.82, 2.24) is 0 Å². The molecule has 2 nitrogen and oxygen atoms in total. The van der Waals surface area contributed by atoms with Crippen molar-refractivity contribution in [2.24, 2.45) is 5.73 Å². The monoisotopic (exact) mass is 227 g/mol. The van der Waals surface area contributed by atoms with E-state index in [0.717, 1.165) is 12.2 Å². The van der Waals surface area contributed by atoms with Crippen molar-refractivity contribution in [3.05, 3.63) is 29.3 Å². The van der Waals surface area contributed by atoms with Gasteiger partial charge in [-0.25, -0.2) is 0 Å². The van der Waals surface area contributed by atoms with Crippen molar-refractivity contribution in [3.8, 4) is 5.75 Å². The highest BCUT2D eigenvalue weighted by atomic mass is 35.5. The average Bonchev–Trinajstić information content (AvgIpc) is 2.06. The summed E-state index contributed by atoms with van der Waals surface area (Å²) >= 11 is 5.79. The molecule has 0 aliphatic carbocycles. The summed E-state index contributed by atoms with van der Waals surface area (Å²) in [5, 5.41) is 0.715. The summed E-state index contributed by atoms with van der Waals surface area (Å²) in [5.41, 5.74) is 5.51. The lowest BCUT2D eigenvalue weighted by atomic mass is 10.0. The Hall–Kier alpha value is -0.730. The molecule has 1 atom stereocenters. The first-order valence-corrected chi connectivity index (χ1v) is 5.47. The lowest BCUT2D eigenvalue weighted by Gasteiger charge is -2.28. The third-order valence-corrected chi connectivity index (χ3v) is 2.27.